The van der Waals surface area contributed by atoms with Crippen molar-refractivity contribution < 1.29 is 13.9 Å². The van der Waals surface area contributed by atoms with E-state index in [2.05, 4.69) is 36.4 Å². The Balaban J connectivity index is 1.46. The third-order valence-corrected chi connectivity index (χ3v) is 6.20. The van der Waals surface area contributed by atoms with Gasteiger partial charge in [-0.2, -0.15) is 0 Å². The minimum atomic E-state index is -0.278. The number of aromatic nitrogens is 1. The molecule has 0 spiro atoms. The van der Waals surface area contributed by atoms with Crippen LogP contribution in [0.25, 0.3) is 28.2 Å². The number of benzene rings is 3. The third kappa shape index (κ3) is 4.58. The summed E-state index contributed by atoms with van der Waals surface area (Å²) in [4.78, 5) is 17.2. The molecular formula is C30H27NO3. The Hall–Kier alpha value is -3.92. The second kappa shape index (κ2) is 9.92. The number of hydrogen-bond acceptors (Lipinski definition) is 4. The van der Waals surface area contributed by atoms with E-state index in [1.807, 2.05) is 55.5 Å². The minimum Gasteiger partial charge on any atom is -0.462 e. The van der Waals surface area contributed by atoms with Crippen LogP contribution in [0.5, 0.6) is 0 Å². The first-order valence-electron chi connectivity index (χ1n) is 11.8. The van der Waals surface area contributed by atoms with Gasteiger partial charge in [-0.25, -0.2) is 9.78 Å². The van der Waals surface area contributed by atoms with Crippen molar-refractivity contribution in [1.29, 1.82) is 0 Å². The monoisotopic (exact) mass is 449 g/mol. The summed E-state index contributed by atoms with van der Waals surface area (Å²) in [5.41, 5.74) is 5.75. The number of oxazole rings is 1. The van der Waals surface area contributed by atoms with Crippen LogP contribution in [0.1, 0.15) is 41.6 Å². The van der Waals surface area contributed by atoms with Crippen molar-refractivity contribution >= 4 is 11.5 Å². The van der Waals surface area contributed by atoms with Crippen LogP contribution in [0.2, 0.25) is 0 Å². The van der Waals surface area contributed by atoms with Crippen LogP contribution >= 0.6 is 0 Å². The van der Waals surface area contributed by atoms with Gasteiger partial charge in [0.25, 0.3) is 0 Å². The molecule has 0 N–H and O–H groups in total. The van der Waals surface area contributed by atoms with Crippen molar-refractivity contribution in [3.8, 4) is 22.6 Å². The van der Waals surface area contributed by atoms with Crippen molar-refractivity contribution in [2.75, 3.05) is 6.61 Å². The summed E-state index contributed by atoms with van der Waals surface area (Å²) in [6.45, 7) is 2.19. The number of carbonyl (C=O) groups is 1. The predicted molar refractivity (Wildman–Crippen MR) is 134 cm³/mol. The van der Waals surface area contributed by atoms with E-state index in [0.717, 1.165) is 53.0 Å². The molecule has 34 heavy (non-hydrogen) atoms. The quantitative estimate of drug-likeness (QED) is 0.280. The average Bonchev–Trinajstić information content (AvgIpc) is 3.53. The molecule has 0 radical (unpaired) electrons. The Labute approximate surface area is 199 Å². The molecular weight excluding hydrogens is 422 g/mol. The topological polar surface area (TPSA) is 52.3 Å². The molecule has 1 aromatic heterocycles. The first kappa shape index (κ1) is 21.9. The van der Waals surface area contributed by atoms with Crippen LogP contribution < -0.4 is 0 Å². The van der Waals surface area contributed by atoms with Gasteiger partial charge >= 0.3 is 5.97 Å². The molecule has 1 aliphatic carbocycles. The van der Waals surface area contributed by atoms with Gasteiger partial charge in [0, 0.05) is 16.7 Å². The van der Waals surface area contributed by atoms with Gasteiger partial charge in [0.2, 0.25) is 5.89 Å². The lowest BCUT2D eigenvalue weighted by molar-refractivity contribution is 0.0526. The highest BCUT2D eigenvalue weighted by Gasteiger charge is 2.27. The molecule has 0 saturated heterocycles. The van der Waals surface area contributed by atoms with Crippen molar-refractivity contribution in [1.82, 2.24) is 4.98 Å². The lowest BCUT2D eigenvalue weighted by Crippen LogP contribution is -2.07. The van der Waals surface area contributed by atoms with E-state index in [1.165, 1.54) is 0 Å². The van der Waals surface area contributed by atoms with Crippen molar-refractivity contribution in [2.24, 2.45) is 5.92 Å². The maximum Gasteiger partial charge on any atom is 0.338 e. The van der Waals surface area contributed by atoms with Crippen LogP contribution in [0.4, 0.5) is 0 Å². The summed E-state index contributed by atoms with van der Waals surface area (Å²) in [7, 11) is 0. The zero-order chi connectivity index (χ0) is 23.3. The Morgan fingerprint density at radius 3 is 2.44 bits per heavy atom. The van der Waals surface area contributed by atoms with Crippen LogP contribution in [0.3, 0.4) is 0 Å². The molecule has 0 bridgehead atoms. The van der Waals surface area contributed by atoms with E-state index in [9.17, 15) is 4.79 Å². The highest BCUT2D eigenvalue weighted by Crippen LogP contribution is 2.40. The van der Waals surface area contributed by atoms with Crippen molar-refractivity contribution in [3.05, 3.63) is 108 Å². The molecule has 4 aromatic rings. The molecule has 4 nitrogen and oxygen atoms in total. The molecule has 170 valence electrons. The molecule has 0 amide bonds. The fraction of sp³-hybridized carbons (Fsp3) is 0.200. The molecule has 4 heteroatoms. The second-order valence-electron chi connectivity index (χ2n) is 8.49. The number of allylic oxidation sites excluding steroid dienone is 2. The Morgan fingerprint density at radius 2 is 1.71 bits per heavy atom. The van der Waals surface area contributed by atoms with Gasteiger partial charge in [-0.1, -0.05) is 78.9 Å². The maximum absolute atomic E-state index is 12.2. The van der Waals surface area contributed by atoms with E-state index in [4.69, 9.17) is 14.1 Å². The molecule has 3 aromatic carbocycles. The molecule has 0 saturated carbocycles. The van der Waals surface area contributed by atoms with Gasteiger partial charge in [0.05, 0.1) is 12.2 Å². The number of carbonyl (C=O) groups excluding carboxylic acids is 1. The molecule has 5 rings (SSSR count). The molecule has 0 fully saturated rings. The van der Waals surface area contributed by atoms with E-state index in [0.29, 0.717) is 18.1 Å². The second-order valence-corrected chi connectivity index (χ2v) is 8.49. The maximum atomic E-state index is 12.2. The zero-order valence-corrected chi connectivity index (χ0v) is 19.2. The largest absolute Gasteiger partial charge is 0.462 e. The van der Waals surface area contributed by atoms with Gasteiger partial charge in [-0.3, -0.25) is 0 Å². The van der Waals surface area contributed by atoms with Gasteiger partial charge in [-0.15, -0.1) is 0 Å². The van der Waals surface area contributed by atoms with Crippen molar-refractivity contribution in [3.63, 3.8) is 0 Å². The Kier molecular flexibility index (Phi) is 6.39. The lowest BCUT2D eigenvalue weighted by Gasteiger charge is -2.13. The standard InChI is InChI=1S/C30H27NO3/c1-2-33-30(32)25-17-9-11-21(20-25)19-24-16-10-18-26(24)29-31-27(22-12-5-3-6-13-22)28(34-29)23-14-7-4-8-15-23/h3-9,11-15,17-18,20,24H,2,10,16,19H2,1H3/t24-/m0/s1. The van der Waals surface area contributed by atoms with Crippen molar-refractivity contribution in [2.45, 2.75) is 26.2 Å². The summed E-state index contributed by atoms with van der Waals surface area (Å²) >= 11 is 0. The molecule has 0 unspecified atom stereocenters. The van der Waals surface area contributed by atoms with Crippen LogP contribution in [-0.4, -0.2) is 17.6 Å². The highest BCUT2D eigenvalue weighted by molar-refractivity contribution is 5.89. The summed E-state index contributed by atoms with van der Waals surface area (Å²) in [5, 5.41) is 0. The number of nitrogens with zero attached hydrogens (tertiary/aromatic N) is 1. The average molecular weight is 450 g/mol. The van der Waals surface area contributed by atoms with Crippen LogP contribution in [0, 0.1) is 5.92 Å². The summed E-state index contributed by atoms with van der Waals surface area (Å²) in [6.07, 6.45) is 5.09. The van der Waals surface area contributed by atoms with E-state index < -0.39 is 0 Å². The van der Waals surface area contributed by atoms with Crippen LogP contribution in [0.15, 0.2) is 95.4 Å². The SMILES string of the molecule is CCOC(=O)c1cccc(C[C@@H]2CCC=C2c2nc(-c3ccccc3)c(-c3ccccc3)o2)c1. The minimum absolute atomic E-state index is 0.278. The third-order valence-electron chi connectivity index (χ3n) is 6.20. The van der Waals surface area contributed by atoms with E-state index in [-0.39, 0.29) is 11.9 Å². The van der Waals surface area contributed by atoms with Gasteiger partial charge in [-0.05, 0) is 49.8 Å². The van der Waals surface area contributed by atoms with Gasteiger partial charge < -0.3 is 9.15 Å². The number of ether oxygens (including phenoxy) is 1. The summed E-state index contributed by atoms with van der Waals surface area (Å²) in [6, 6.07) is 28.1. The molecule has 0 aliphatic heterocycles. The van der Waals surface area contributed by atoms with E-state index in [1.54, 1.807) is 6.07 Å². The smallest absolute Gasteiger partial charge is 0.338 e. The highest BCUT2D eigenvalue weighted by atomic mass is 16.5. The van der Waals surface area contributed by atoms with Crippen LogP contribution in [-0.2, 0) is 11.2 Å². The molecule has 1 atom stereocenters. The van der Waals surface area contributed by atoms with E-state index >= 15 is 0 Å². The fourth-order valence-electron chi connectivity index (χ4n) is 4.58. The molecule has 1 aliphatic rings. The Morgan fingerprint density at radius 1 is 0.971 bits per heavy atom. The summed E-state index contributed by atoms with van der Waals surface area (Å²) in [5.74, 6) is 1.47. The predicted octanol–water partition coefficient (Wildman–Crippen LogP) is 7.22. The summed E-state index contributed by atoms with van der Waals surface area (Å²) < 4.78 is 11.6. The van der Waals surface area contributed by atoms with Gasteiger partial charge in [0.15, 0.2) is 5.76 Å². The first-order chi connectivity index (χ1) is 16.7. The zero-order valence-electron chi connectivity index (χ0n) is 19.2. The Bertz CT molecular complexity index is 1250. The number of esters is 1. The van der Waals surface area contributed by atoms with Gasteiger partial charge in [0.1, 0.15) is 5.69 Å². The fourth-order valence-corrected chi connectivity index (χ4v) is 4.58. The molecule has 1 heterocycles. The number of hydrogen-bond donors (Lipinski definition) is 0. The first-order valence-corrected chi connectivity index (χ1v) is 11.8. The lowest BCUT2D eigenvalue weighted by atomic mass is 9.92. The normalized spacial score (nSPS) is 15.2. The number of rotatable bonds is 7.